The van der Waals surface area contributed by atoms with E-state index in [0.29, 0.717) is 17.7 Å². The van der Waals surface area contributed by atoms with E-state index in [1.807, 2.05) is 0 Å². The summed E-state index contributed by atoms with van der Waals surface area (Å²) in [5.74, 6) is 0.321. The fraction of sp³-hybridized carbons (Fsp3) is 0.417. The van der Waals surface area contributed by atoms with Gasteiger partial charge in [0.15, 0.2) is 0 Å². The zero-order chi connectivity index (χ0) is 12.8. The fourth-order valence-corrected chi connectivity index (χ4v) is 1.49. The van der Waals surface area contributed by atoms with E-state index in [4.69, 9.17) is 10.5 Å². The van der Waals surface area contributed by atoms with Crippen molar-refractivity contribution in [3.05, 3.63) is 23.8 Å². The minimum Gasteiger partial charge on any atom is -0.507 e. The van der Waals surface area contributed by atoms with Crippen LogP contribution in [0.4, 0.5) is 0 Å². The molecular formula is C12H17NO4. The monoisotopic (exact) mass is 239 g/mol. The van der Waals surface area contributed by atoms with E-state index in [0.717, 1.165) is 0 Å². The van der Waals surface area contributed by atoms with Gasteiger partial charge in [0.25, 0.3) is 0 Å². The molecule has 0 spiro atoms. The van der Waals surface area contributed by atoms with Gasteiger partial charge >= 0.3 is 5.97 Å². The number of phenols is 1. The Kier molecular flexibility index (Phi) is 4.78. The molecule has 3 N–H and O–H groups in total. The summed E-state index contributed by atoms with van der Waals surface area (Å²) in [4.78, 5) is 11.0. The Morgan fingerprint density at radius 1 is 1.47 bits per heavy atom. The number of rotatable bonds is 5. The van der Waals surface area contributed by atoms with Gasteiger partial charge in [-0.25, -0.2) is 0 Å². The Hall–Kier alpha value is -1.75. The molecule has 0 saturated carbocycles. The van der Waals surface area contributed by atoms with Gasteiger partial charge in [-0.15, -0.1) is 0 Å². The first-order chi connectivity index (χ1) is 8.08. The van der Waals surface area contributed by atoms with Crippen molar-refractivity contribution in [2.24, 2.45) is 5.73 Å². The molecule has 0 aromatic heterocycles. The third-order valence-corrected chi connectivity index (χ3v) is 2.52. The Bertz CT molecular complexity index is 392. The maximum absolute atomic E-state index is 11.0. The summed E-state index contributed by atoms with van der Waals surface area (Å²) in [5.41, 5.74) is 6.47. The number of carbonyl (C=O) groups excluding carboxylic acids is 1. The molecule has 0 fully saturated rings. The fourth-order valence-electron chi connectivity index (χ4n) is 1.49. The number of hydrogen-bond acceptors (Lipinski definition) is 5. The topological polar surface area (TPSA) is 81.8 Å². The Labute approximate surface area is 100 Å². The minimum absolute atomic E-state index is 0.0710. The first kappa shape index (κ1) is 13.3. The minimum atomic E-state index is -0.403. The van der Waals surface area contributed by atoms with Gasteiger partial charge in [0.05, 0.1) is 14.2 Å². The summed E-state index contributed by atoms with van der Waals surface area (Å²) in [6.45, 7) is 0. The summed E-state index contributed by atoms with van der Waals surface area (Å²) < 4.78 is 9.50. The lowest BCUT2D eigenvalue weighted by Crippen LogP contribution is -2.13. The molecular weight excluding hydrogens is 222 g/mol. The first-order valence-electron chi connectivity index (χ1n) is 5.27. The van der Waals surface area contributed by atoms with Crippen LogP contribution < -0.4 is 10.5 Å². The molecule has 5 heteroatoms. The highest BCUT2D eigenvalue weighted by Gasteiger charge is 2.13. The molecule has 5 nitrogen and oxygen atoms in total. The van der Waals surface area contributed by atoms with E-state index < -0.39 is 6.04 Å². The van der Waals surface area contributed by atoms with E-state index >= 15 is 0 Å². The van der Waals surface area contributed by atoms with Crippen LogP contribution in [0.3, 0.4) is 0 Å². The number of hydrogen-bond donors (Lipinski definition) is 2. The van der Waals surface area contributed by atoms with E-state index in [2.05, 4.69) is 4.74 Å². The van der Waals surface area contributed by atoms with Crippen LogP contribution in [0.1, 0.15) is 24.4 Å². The molecule has 0 bridgehead atoms. The predicted octanol–water partition coefficient (Wildman–Crippen LogP) is 1.35. The highest BCUT2D eigenvalue weighted by molar-refractivity contribution is 5.69. The van der Waals surface area contributed by atoms with Crippen molar-refractivity contribution in [2.45, 2.75) is 18.9 Å². The molecule has 1 aromatic carbocycles. The highest BCUT2D eigenvalue weighted by Crippen LogP contribution is 2.29. The second-order valence-electron chi connectivity index (χ2n) is 3.65. The standard InChI is InChI=1S/C12H17NO4/c1-16-8-3-4-9(11(14)7-8)10(13)5-6-12(15)17-2/h3-4,7,10,14H,5-6,13H2,1-2H3. The van der Waals surface area contributed by atoms with E-state index in [1.54, 1.807) is 12.1 Å². The van der Waals surface area contributed by atoms with Crippen LogP contribution in [-0.2, 0) is 9.53 Å². The smallest absolute Gasteiger partial charge is 0.305 e. The number of benzene rings is 1. The summed E-state index contributed by atoms with van der Waals surface area (Å²) in [7, 11) is 2.85. The van der Waals surface area contributed by atoms with E-state index in [1.165, 1.54) is 20.3 Å². The maximum Gasteiger partial charge on any atom is 0.305 e. The largest absolute Gasteiger partial charge is 0.507 e. The van der Waals surface area contributed by atoms with Gasteiger partial charge < -0.3 is 20.3 Å². The van der Waals surface area contributed by atoms with Gasteiger partial charge in [-0.2, -0.15) is 0 Å². The number of aromatic hydroxyl groups is 1. The number of methoxy groups -OCH3 is 2. The van der Waals surface area contributed by atoms with Gasteiger partial charge in [0.1, 0.15) is 11.5 Å². The zero-order valence-corrected chi connectivity index (χ0v) is 9.97. The van der Waals surface area contributed by atoms with Crippen molar-refractivity contribution in [1.29, 1.82) is 0 Å². The van der Waals surface area contributed by atoms with Crippen molar-refractivity contribution in [1.82, 2.24) is 0 Å². The van der Waals surface area contributed by atoms with Crippen LogP contribution >= 0.6 is 0 Å². The average Bonchev–Trinajstić information content (AvgIpc) is 2.35. The van der Waals surface area contributed by atoms with Crippen LogP contribution in [-0.4, -0.2) is 25.3 Å². The van der Waals surface area contributed by atoms with Gasteiger partial charge in [-0.05, 0) is 12.5 Å². The Balaban J connectivity index is 2.68. The van der Waals surface area contributed by atoms with Crippen molar-refractivity contribution < 1.29 is 19.4 Å². The highest BCUT2D eigenvalue weighted by atomic mass is 16.5. The predicted molar refractivity (Wildman–Crippen MR) is 62.8 cm³/mol. The number of phenolic OH excluding ortho intramolecular Hbond substituents is 1. The third-order valence-electron chi connectivity index (χ3n) is 2.52. The molecule has 1 unspecified atom stereocenters. The summed E-state index contributed by atoms with van der Waals surface area (Å²) in [5, 5.41) is 9.74. The molecule has 0 aliphatic rings. The Morgan fingerprint density at radius 3 is 2.71 bits per heavy atom. The van der Waals surface area contributed by atoms with Crippen molar-refractivity contribution in [3.63, 3.8) is 0 Å². The van der Waals surface area contributed by atoms with Gasteiger partial charge in [0.2, 0.25) is 0 Å². The number of esters is 1. The van der Waals surface area contributed by atoms with Crippen LogP contribution in [0.2, 0.25) is 0 Å². The number of ether oxygens (including phenoxy) is 2. The molecule has 17 heavy (non-hydrogen) atoms. The zero-order valence-electron chi connectivity index (χ0n) is 9.97. The molecule has 94 valence electrons. The Morgan fingerprint density at radius 2 is 2.18 bits per heavy atom. The van der Waals surface area contributed by atoms with E-state index in [9.17, 15) is 9.90 Å². The molecule has 0 amide bonds. The van der Waals surface area contributed by atoms with Crippen LogP contribution in [0, 0.1) is 0 Å². The molecule has 1 atom stereocenters. The lowest BCUT2D eigenvalue weighted by atomic mass is 10.0. The van der Waals surface area contributed by atoms with Crippen LogP contribution in [0.15, 0.2) is 18.2 Å². The quantitative estimate of drug-likeness (QED) is 0.758. The molecule has 0 aliphatic carbocycles. The summed E-state index contributed by atoms with van der Waals surface area (Å²) in [6, 6.07) is 4.50. The maximum atomic E-state index is 11.0. The SMILES string of the molecule is COC(=O)CCC(N)c1ccc(OC)cc1O. The van der Waals surface area contributed by atoms with Crippen molar-refractivity contribution in [2.75, 3.05) is 14.2 Å². The lowest BCUT2D eigenvalue weighted by Gasteiger charge is -2.13. The summed E-state index contributed by atoms with van der Waals surface area (Å²) in [6.07, 6.45) is 0.649. The average molecular weight is 239 g/mol. The summed E-state index contributed by atoms with van der Waals surface area (Å²) >= 11 is 0. The molecule has 0 radical (unpaired) electrons. The van der Waals surface area contributed by atoms with Gasteiger partial charge in [-0.3, -0.25) is 4.79 Å². The van der Waals surface area contributed by atoms with Crippen LogP contribution in [0.25, 0.3) is 0 Å². The third kappa shape index (κ3) is 3.64. The van der Waals surface area contributed by atoms with Crippen LogP contribution in [0.5, 0.6) is 11.5 Å². The normalized spacial score (nSPS) is 11.9. The molecule has 0 heterocycles. The molecule has 1 rings (SSSR count). The number of nitrogens with two attached hydrogens (primary N) is 1. The van der Waals surface area contributed by atoms with Crippen molar-refractivity contribution in [3.8, 4) is 11.5 Å². The van der Waals surface area contributed by atoms with Gasteiger partial charge in [0, 0.05) is 24.1 Å². The molecule has 1 aromatic rings. The van der Waals surface area contributed by atoms with Gasteiger partial charge in [-0.1, -0.05) is 6.07 Å². The number of carbonyl (C=O) groups is 1. The van der Waals surface area contributed by atoms with Crippen molar-refractivity contribution >= 4 is 5.97 Å². The van der Waals surface area contributed by atoms with E-state index in [-0.39, 0.29) is 18.1 Å². The molecule has 0 aliphatic heterocycles. The second-order valence-corrected chi connectivity index (χ2v) is 3.65. The molecule has 0 saturated heterocycles. The first-order valence-corrected chi connectivity index (χ1v) is 5.27. The lowest BCUT2D eigenvalue weighted by molar-refractivity contribution is -0.140. The second kappa shape index (κ2) is 6.10.